The number of rotatable bonds is 4. The van der Waals surface area contributed by atoms with Crippen LogP contribution in [-0.2, 0) is 4.79 Å². The summed E-state index contributed by atoms with van der Waals surface area (Å²) in [7, 11) is 0. The minimum atomic E-state index is -0.932. The van der Waals surface area contributed by atoms with Crippen LogP contribution in [0.15, 0.2) is 0 Å². The Morgan fingerprint density at radius 3 is 2.44 bits per heavy atom. The van der Waals surface area contributed by atoms with Crippen LogP contribution in [0.3, 0.4) is 0 Å². The third-order valence-electron chi connectivity index (χ3n) is 3.89. The summed E-state index contributed by atoms with van der Waals surface area (Å²) in [6.07, 6.45) is 4.27. The van der Waals surface area contributed by atoms with Gasteiger partial charge < -0.3 is 20.0 Å². The van der Waals surface area contributed by atoms with Crippen LogP contribution in [0.1, 0.15) is 32.1 Å². The number of aliphatic carboxylic acids is 1. The fourth-order valence-corrected chi connectivity index (χ4v) is 2.66. The first-order chi connectivity index (χ1) is 8.65. The van der Waals surface area contributed by atoms with Crippen LogP contribution >= 0.6 is 0 Å². The summed E-state index contributed by atoms with van der Waals surface area (Å²) < 4.78 is 0. The predicted octanol–water partition coefficient (Wildman–Crippen LogP) is 0.502. The van der Waals surface area contributed by atoms with E-state index in [9.17, 15) is 9.59 Å². The van der Waals surface area contributed by atoms with Gasteiger partial charge in [0.1, 0.15) is 6.04 Å². The van der Waals surface area contributed by atoms with Gasteiger partial charge in [0, 0.05) is 19.1 Å². The van der Waals surface area contributed by atoms with Gasteiger partial charge in [0.2, 0.25) is 0 Å². The second kappa shape index (κ2) is 5.56. The Morgan fingerprint density at radius 2 is 1.94 bits per heavy atom. The molecule has 1 unspecified atom stereocenters. The Hall–Kier alpha value is -1.30. The van der Waals surface area contributed by atoms with Crippen molar-refractivity contribution in [3.05, 3.63) is 0 Å². The van der Waals surface area contributed by atoms with Crippen molar-refractivity contribution in [2.24, 2.45) is 0 Å². The number of urea groups is 1. The fraction of sp³-hybridized carbons (Fsp3) is 0.833. The van der Waals surface area contributed by atoms with Crippen molar-refractivity contribution in [2.75, 3.05) is 19.7 Å². The maximum absolute atomic E-state index is 12.4. The first-order valence-electron chi connectivity index (χ1n) is 6.56. The summed E-state index contributed by atoms with van der Waals surface area (Å²) in [4.78, 5) is 26.5. The third kappa shape index (κ3) is 2.43. The van der Waals surface area contributed by atoms with Gasteiger partial charge in [-0.3, -0.25) is 0 Å². The molecule has 2 aliphatic rings. The molecular weight excluding hydrogens is 236 g/mol. The van der Waals surface area contributed by atoms with Gasteiger partial charge in [-0.05, 0) is 32.1 Å². The van der Waals surface area contributed by atoms with Gasteiger partial charge in [-0.25, -0.2) is 9.59 Å². The lowest BCUT2D eigenvalue weighted by Crippen LogP contribution is -2.54. The zero-order chi connectivity index (χ0) is 13.1. The summed E-state index contributed by atoms with van der Waals surface area (Å²) >= 11 is 0. The molecule has 2 rings (SSSR count). The standard InChI is InChI=1S/C12H20N2O4/c15-8-7-13(9-3-1-4-9)12(18)14-6-2-5-10(14)11(16)17/h9-10,15H,1-8H2,(H,16,17). The smallest absolute Gasteiger partial charge is 0.326 e. The molecule has 1 heterocycles. The van der Waals surface area contributed by atoms with Gasteiger partial charge in [-0.2, -0.15) is 0 Å². The largest absolute Gasteiger partial charge is 0.480 e. The van der Waals surface area contributed by atoms with Crippen LogP contribution in [-0.4, -0.2) is 63.8 Å². The maximum Gasteiger partial charge on any atom is 0.326 e. The first kappa shape index (κ1) is 13.1. The number of carboxylic acid groups (broad SMARTS) is 1. The average molecular weight is 256 g/mol. The molecule has 6 heteroatoms. The molecule has 2 fully saturated rings. The molecule has 18 heavy (non-hydrogen) atoms. The Balaban J connectivity index is 2.04. The summed E-state index contributed by atoms with van der Waals surface area (Å²) in [5.41, 5.74) is 0. The molecule has 0 aromatic heterocycles. The molecule has 1 saturated carbocycles. The molecule has 1 aliphatic carbocycles. The van der Waals surface area contributed by atoms with E-state index in [0.717, 1.165) is 25.7 Å². The SMILES string of the molecule is O=C(O)C1CCCN1C(=O)N(CCO)C1CCC1. The Bertz CT molecular complexity index is 330. The second-order valence-corrected chi connectivity index (χ2v) is 4.97. The van der Waals surface area contributed by atoms with Crippen molar-refractivity contribution in [1.82, 2.24) is 9.80 Å². The van der Waals surface area contributed by atoms with Crippen molar-refractivity contribution in [3.8, 4) is 0 Å². The summed E-state index contributed by atoms with van der Waals surface area (Å²) in [6.45, 7) is 0.727. The van der Waals surface area contributed by atoms with Crippen molar-refractivity contribution in [3.63, 3.8) is 0 Å². The normalized spacial score (nSPS) is 23.8. The van der Waals surface area contributed by atoms with Gasteiger partial charge in [0.05, 0.1) is 6.61 Å². The van der Waals surface area contributed by atoms with Crippen LogP contribution in [0.25, 0.3) is 0 Å². The highest BCUT2D eigenvalue weighted by Crippen LogP contribution is 2.27. The van der Waals surface area contributed by atoms with E-state index in [4.69, 9.17) is 10.2 Å². The highest BCUT2D eigenvalue weighted by Gasteiger charge is 2.38. The molecule has 0 aromatic carbocycles. The number of hydrogen-bond acceptors (Lipinski definition) is 3. The molecule has 0 radical (unpaired) electrons. The first-order valence-corrected chi connectivity index (χ1v) is 6.56. The van der Waals surface area contributed by atoms with E-state index in [0.29, 0.717) is 19.5 Å². The Labute approximate surface area is 106 Å². The summed E-state index contributed by atoms with van der Waals surface area (Å²) in [5, 5.41) is 18.1. The number of amides is 2. The monoisotopic (exact) mass is 256 g/mol. The zero-order valence-corrected chi connectivity index (χ0v) is 10.4. The van der Waals surface area contributed by atoms with E-state index in [1.54, 1.807) is 4.90 Å². The highest BCUT2D eigenvalue weighted by molar-refractivity contribution is 5.83. The minimum Gasteiger partial charge on any atom is -0.480 e. The Kier molecular flexibility index (Phi) is 4.06. The summed E-state index contributed by atoms with van der Waals surface area (Å²) in [5.74, 6) is -0.932. The van der Waals surface area contributed by atoms with Crippen molar-refractivity contribution >= 4 is 12.0 Å². The number of likely N-dealkylation sites (tertiary alicyclic amines) is 1. The molecular formula is C12H20N2O4. The topological polar surface area (TPSA) is 81.1 Å². The average Bonchev–Trinajstić information content (AvgIpc) is 2.74. The van der Waals surface area contributed by atoms with E-state index in [-0.39, 0.29) is 18.7 Å². The number of hydrogen-bond donors (Lipinski definition) is 2. The van der Waals surface area contributed by atoms with Crippen LogP contribution in [0.5, 0.6) is 0 Å². The number of carbonyl (C=O) groups excluding carboxylic acids is 1. The molecule has 0 spiro atoms. The second-order valence-electron chi connectivity index (χ2n) is 4.97. The fourth-order valence-electron chi connectivity index (χ4n) is 2.66. The van der Waals surface area contributed by atoms with Gasteiger partial charge >= 0.3 is 12.0 Å². The van der Waals surface area contributed by atoms with Gasteiger partial charge in [0.15, 0.2) is 0 Å². The van der Waals surface area contributed by atoms with Crippen LogP contribution < -0.4 is 0 Å². The number of carboxylic acids is 1. The molecule has 102 valence electrons. The Morgan fingerprint density at radius 1 is 1.22 bits per heavy atom. The van der Waals surface area contributed by atoms with Crippen LogP contribution in [0, 0.1) is 0 Å². The van der Waals surface area contributed by atoms with E-state index >= 15 is 0 Å². The molecule has 1 atom stereocenters. The molecule has 6 nitrogen and oxygen atoms in total. The van der Waals surface area contributed by atoms with Gasteiger partial charge in [-0.15, -0.1) is 0 Å². The lowest BCUT2D eigenvalue weighted by atomic mass is 9.91. The number of nitrogens with zero attached hydrogens (tertiary/aromatic N) is 2. The number of carbonyl (C=O) groups is 2. The van der Waals surface area contributed by atoms with E-state index in [2.05, 4.69) is 0 Å². The molecule has 2 amide bonds. The quantitative estimate of drug-likeness (QED) is 0.767. The lowest BCUT2D eigenvalue weighted by Gasteiger charge is -2.40. The van der Waals surface area contributed by atoms with E-state index in [1.165, 1.54) is 4.90 Å². The number of aliphatic hydroxyl groups is 1. The summed E-state index contributed by atoms with van der Waals surface area (Å²) in [6, 6.07) is -0.739. The third-order valence-corrected chi connectivity index (χ3v) is 3.89. The zero-order valence-electron chi connectivity index (χ0n) is 10.4. The van der Waals surface area contributed by atoms with Crippen LogP contribution in [0.2, 0.25) is 0 Å². The number of aliphatic hydroxyl groups excluding tert-OH is 1. The molecule has 0 aromatic rings. The van der Waals surface area contributed by atoms with Gasteiger partial charge in [0.25, 0.3) is 0 Å². The molecule has 1 aliphatic heterocycles. The predicted molar refractivity (Wildman–Crippen MR) is 64.2 cm³/mol. The molecule has 0 bridgehead atoms. The van der Waals surface area contributed by atoms with Crippen LogP contribution in [0.4, 0.5) is 4.79 Å². The van der Waals surface area contributed by atoms with Crippen molar-refractivity contribution in [2.45, 2.75) is 44.2 Å². The van der Waals surface area contributed by atoms with E-state index in [1.807, 2.05) is 0 Å². The molecule has 2 N–H and O–H groups in total. The van der Waals surface area contributed by atoms with Crippen molar-refractivity contribution in [1.29, 1.82) is 0 Å². The van der Waals surface area contributed by atoms with Gasteiger partial charge in [-0.1, -0.05) is 0 Å². The lowest BCUT2D eigenvalue weighted by molar-refractivity contribution is -0.141. The molecule has 1 saturated heterocycles. The maximum atomic E-state index is 12.4. The van der Waals surface area contributed by atoms with E-state index < -0.39 is 12.0 Å². The highest BCUT2D eigenvalue weighted by atomic mass is 16.4. The minimum absolute atomic E-state index is 0.0756. The van der Waals surface area contributed by atoms with Crippen molar-refractivity contribution < 1.29 is 19.8 Å².